The predicted molar refractivity (Wildman–Crippen MR) is 233 cm³/mol. The van der Waals surface area contributed by atoms with Gasteiger partial charge in [0.15, 0.2) is 6.29 Å². The van der Waals surface area contributed by atoms with E-state index in [0.29, 0.717) is 12.8 Å². The van der Waals surface area contributed by atoms with E-state index in [2.05, 4.69) is 23.3 Å². The van der Waals surface area contributed by atoms with E-state index < -0.39 is 78.5 Å². The summed E-state index contributed by atoms with van der Waals surface area (Å²) < 4.78 is 47.5. The maximum absolute atomic E-state index is 13.1. The molecular weight excluding hydrogens is 779 g/mol. The number of amides is 1. The molecule has 1 aliphatic rings. The highest BCUT2D eigenvalue weighted by molar-refractivity contribution is 7.80. The van der Waals surface area contributed by atoms with E-state index in [1.54, 1.807) is 6.08 Å². The van der Waals surface area contributed by atoms with Crippen LogP contribution in [-0.2, 0) is 28.9 Å². The standard InChI is InChI=1S/C45H87NO12S/c1-3-5-7-9-11-13-15-17-19-21-23-25-27-29-31-33-38(48)37(36-56-45-42(51)43(58-59(53,54)55)41(50)40(35-47)57-45)46-44(52)39(49)34-32-30-28-26-24-22-20-18-16-14-12-10-8-6-4-2/h31,33,37-43,45,47-51H,3-30,32,34-36H2,1-2H3,(H,46,52)(H,53,54,55)/b33-31+. The highest BCUT2D eigenvalue weighted by Crippen LogP contribution is 2.26. The van der Waals surface area contributed by atoms with Gasteiger partial charge in [-0.25, -0.2) is 4.18 Å². The van der Waals surface area contributed by atoms with Gasteiger partial charge in [0.2, 0.25) is 5.91 Å². The Labute approximate surface area is 358 Å². The van der Waals surface area contributed by atoms with Gasteiger partial charge in [0.1, 0.15) is 30.5 Å². The number of allylic oxidation sites excluding steroid dienone is 1. The Hall–Kier alpha value is -1.20. The summed E-state index contributed by atoms with van der Waals surface area (Å²) in [7, 11) is -5.11. The lowest BCUT2D eigenvalue weighted by molar-refractivity contribution is -0.298. The Morgan fingerprint density at radius 3 is 1.53 bits per heavy atom. The van der Waals surface area contributed by atoms with Crippen molar-refractivity contribution in [3.05, 3.63) is 12.2 Å². The minimum Gasteiger partial charge on any atom is -0.394 e. The quantitative estimate of drug-likeness (QED) is 0.0177. The fraction of sp³-hybridized carbons (Fsp3) is 0.933. The molecule has 1 aliphatic heterocycles. The summed E-state index contributed by atoms with van der Waals surface area (Å²) in [5, 5.41) is 55.2. The summed E-state index contributed by atoms with van der Waals surface area (Å²) in [6.45, 7) is 3.22. The number of ether oxygens (including phenoxy) is 2. The molecule has 1 saturated heterocycles. The molecule has 0 aromatic rings. The second kappa shape index (κ2) is 36.3. The second-order valence-corrected chi connectivity index (χ2v) is 17.9. The highest BCUT2D eigenvalue weighted by Gasteiger charge is 2.48. The van der Waals surface area contributed by atoms with Crippen molar-refractivity contribution in [2.45, 2.75) is 255 Å². The summed E-state index contributed by atoms with van der Waals surface area (Å²) in [5.41, 5.74) is 0. The number of aliphatic hydroxyl groups excluding tert-OH is 5. The molecule has 1 amide bonds. The summed E-state index contributed by atoms with van der Waals surface area (Å²) >= 11 is 0. The topological polar surface area (TPSA) is 212 Å². The summed E-state index contributed by atoms with van der Waals surface area (Å²) in [5.74, 6) is -0.700. The zero-order chi connectivity index (χ0) is 43.6. The molecule has 8 atom stereocenters. The first-order valence-corrected chi connectivity index (χ1v) is 25.0. The number of unbranched alkanes of at least 4 members (excludes halogenated alkanes) is 27. The van der Waals surface area contributed by atoms with E-state index in [1.807, 2.05) is 6.08 Å². The number of hydrogen-bond donors (Lipinski definition) is 7. The van der Waals surface area contributed by atoms with Crippen LogP contribution < -0.4 is 5.32 Å². The Kier molecular flexibility index (Phi) is 34.3. The monoisotopic (exact) mass is 866 g/mol. The maximum Gasteiger partial charge on any atom is 0.397 e. The summed E-state index contributed by atoms with van der Waals surface area (Å²) in [6.07, 6.45) is 27.2. The van der Waals surface area contributed by atoms with Crippen LogP contribution in [0.3, 0.4) is 0 Å². The van der Waals surface area contributed by atoms with Crippen LogP contribution in [0.5, 0.6) is 0 Å². The molecule has 0 spiro atoms. The van der Waals surface area contributed by atoms with Crippen LogP contribution in [0.15, 0.2) is 12.2 Å². The van der Waals surface area contributed by atoms with Gasteiger partial charge in [0, 0.05) is 0 Å². The fourth-order valence-corrected chi connectivity index (χ4v) is 8.15. The maximum atomic E-state index is 13.1. The van der Waals surface area contributed by atoms with Gasteiger partial charge in [-0.2, -0.15) is 8.42 Å². The van der Waals surface area contributed by atoms with Crippen molar-refractivity contribution < 1.29 is 57.0 Å². The zero-order valence-corrected chi connectivity index (χ0v) is 37.8. The Morgan fingerprint density at radius 1 is 0.678 bits per heavy atom. The molecule has 1 rings (SSSR count). The van der Waals surface area contributed by atoms with Crippen LogP contribution in [-0.4, -0.2) is 107 Å². The molecule has 0 saturated carbocycles. The molecule has 0 aliphatic carbocycles. The minimum atomic E-state index is -5.11. The number of aliphatic hydroxyl groups is 5. The number of hydrogen-bond acceptors (Lipinski definition) is 11. The van der Waals surface area contributed by atoms with Gasteiger partial charge in [-0.05, 0) is 19.3 Å². The van der Waals surface area contributed by atoms with Crippen molar-refractivity contribution in [1.29, 1.82) is 0 Å². The first-order valence-electron chi connectivity index (χ1n) is 23.7. The minimum absolute atomic E-state index is 0.248. The fourth-order valence-electron chi connectivity index (χ4n) is 7.64. The number of carbonyl (C=O) groups excluding carboxylic acids is 1. The van der Waals surface area contributed by atoms with Gasteiger partial charge < -0.3 is 40.3 Å². The van der Waals surface area contributed by atoms with Crippen molar-refractivity contribution in [3.8, 4) is 0 Å². The first kappa shape index (κ1) is 55.8. The van der Waals surface area contributed by atoms with Crippen molar-refractivity contribution in [2.24, 2.45) is 0 Å². The van der Waals surface area contributed by atoms with E-state index in [0.717, 1.165) is 38.5 Å². The molecule has 0 aromatic carbocycles. The number of nitrogens with one attached hydrogen (secondary N) is 1. The number of carbonyl (C=O) groups is 1. The van der Waals surface area contributed by atoms with Gasteiger partial charge in [-0.1, -0.05) is 199 Å². The van der Waals surface area contributed by atoms with Crippen LogP contribution in [0.2, 0.25) is 0 Å². The number of rotatable bonds is 40. The molecule has 350 valence electrons. The van der Waals surface area contributed by atoms with Crippen LogP contribution in [0.1, 0.15) is 206 Å². The Balaban J connectivity index is 2.58. The third-order valence-corrected chi connectivity index (χ3v) is 11.9. The Morgan fingerprint density at radius 2 is 1.10 bits per heavy atom. The average molecular weight is 866 g/mol. The average Bonchev–Trinajstić information content (AvgIpc) is 3.20. The SMILES string of the molecule is CCCCCCCCCCCCCCC/C=C/C(O)C(COC1OC(CO)C(O)C(OS(=O)(=O)O)C1O)NC(=O)C(O)CCCCCCCCCCCCCCCCC. The van der Waals surface area contributed by atoms with Crippen LogP contribution in [0.25, 0.3) is 0 Å². The van der Waals surface area contributed by atoms with Crippen molar-refractivity contribution in [1.82, 2.24) is 5.32 Å². The molecule has 7 N–H and O–H groups in total. The molecule has 1 heterocycles. The smallest absolute Gasteiger partial charge is 0.394 e. The van der Waals surface area contributed by atoms with Gasteiger partial charge in [-0.3, -0.25) is 9.35 Å². The molecule has 59 heavy (non-hydrogen) atoms. The molecule has 0 radical (unpaired) electrons. The zero-order valence-electron chi connectivity index (χ0n) is 36.9. The van der Waals surface area contributed by atoms with Crippen molar-refractivity contribution >= 4 is 16.3 Å². The third-order valence-electron chi connectivity index (χ3n) is 11.4. The van der Waals surface area contributed by atoms with E-state index >= 15 is 0 Å². The third kappa shape index (κ3) is 28.9. The molecular formula is C45H87NO12S. The molecule has 0 aromatic heterocycles. The Bertz CT molecular complexity index is 1130. The molecule has 1 fully saturated rings. The summed E-state index contributed by atoms with van der Waals surface area (Å²) in [4.78, 5) is 13.1. The second-order valence-electron chi connectivity index (χ2n) is 16.8. The predicted octanol–water partition coefficient (Wildman–Crippen LogP) is 8.14. The lowest BCUT2D eigenvalue weighted by atomic mass is 9.99. The molecule has 13 nitrogen and oxygen atoms in total. The van der Waals surface area contributed by atoms with Gasteiger partial charge in [0.05, 0.1) is 25.4 Å². The van der Waals surface area contributed by atoms with E-state index in [1.165, 1.54) is 135 Å². The van der Waals surface area contributed by atoms with Crippen molar-refractivity contribution in [2.75, 3.05) is 13.2 Å². The van der Waals surface area contributed by atoms with Crippen LogP contribution in [0, 0.1) is 0 Å². The highest BCUT2D eigenvalue weighted by atomic mass is 32.3. The molecule has 0 bridgehead atoms. The summed E-state index contributed by atoms with van der Waals surface area (Å²) in [6, 6.07) is -1.11. The lowest BCUT2D eigenvalue weighted by Crippen LogP contribution is -2.61. The van der Waals surface area contributed by atoms with E-state index in [-0.39, 0.29) is 6.42 Å². The van der Waals surface area contributed by atoms with Crippen molar-refractivity contribution in [3.63, 3.8) is 0 Å². The van der Waals surface area contributed by atoms with Gasteiger partial charge in [0.25, 0.3) is 0 Å². The van der Waals surface area contributed by atoms with Gasteiger partial charge in [-0.15, -0.1) is 0 Å². The first-order chi connectivity index (χ1) is 28.4. The van der Waals surface area contributed by atoms with Crippen LogP contribution >= 0.6 is 0 Å². The lowest BCUT2D eigenvalue weighted by Gasteiger charge is -2.41. The van der Waals surface area contributed by atoms with Crippen LogP contribution in [0.4, 0.5) is 0 Å². The largest absolute Gasteiger partial charge is 0.397 e. The van der Waals surface area contributed by atoms with E-state index in [9.17, 15) is 43.3 Å². The molecule has 14 heteroatoms. The molecule has 8 unspecified atom stereocenters. The normalized spacial score (nSPS) is 21.5. The van der Waals surface area contributed by atoms with E-state index in [4.69, 9.17) is 9.47 Å². The van der Waals surface area contributed by atoms with Gasteiger partial charge >= 0.3 is 10.4 Å².